The molecule has 1 aromatic carbocycles. The van der Waals surface area contributed by atoms with E-state index in [0.717, 1.165) is 11.3 Å². The molecule has 0 aliphatic rings. The lowest BCUT2D eigenvalue weighted by atomic mass is 10.2. The van der Waals surface area contributed by atoms with Crippen molar-refractivity contribution in [3.8, 4) is 16.5 Å². The highest BCUT2D eigenvalue weighted by atomic mass is 32.1. The van der Waals surface area contributed by atoms with E-state index in [1.807, 2.05) is 42.6 Å². The Kier molecular flexibility index (Phi) is 4.14. The van der Waals surface area contributed by atoms with E-state index in [-0.39, 0.29) is 5.91 Å². The lowest BCUT2D eigenvalue weighted by Crippen LogP contribution is -2.23. The summed E-state index contributed by atoms with van der Waals surface area (Å²) in [6.45, 7) is 0.436. The second kappa shape index (κ2) is 6.74. The number of nitrogens with zero attached hydrogens (tertiary/aromatic N) is 3. The molecule has 0 radical (unpaired) electrons. The topological polar surface area (TPSA) is 73.0 Å². The van der Waals surface area contributed by atoms with Crippen molar-refractivity contribution in [3.05, 3.63) is 77.8 Å². The number of nitrogens with one attached hydrogen (secondary N) is 1. The highest BCUT2D eigenvalue weighted by Crippen LogP contribution is 2.23. The number of amides is 1. The van der Waals surface area contributed by atoms with Crippen LogP contribution in [0.1, 0.15) is 16.1 Å². The zero-order valence-corrected chi connectivity index (χ0v) is 13.9. The third-order valence-electron chi connectivity index (χ3n) is 3.63. The normalized spacial score (nSPS) is 10.7. The van der Waals surface area contributed by atoms with E-state index in [1.54, 1.807) is 28.6 Å². The van der Waals surface area contributed by atoms with Crippen molar-refractivity contribution >= 4 is 17.2 Å². The van der Waals surface area contributed by atoms with Crippen LogP contribution in [0.15, 0.2) is 70.9 Å². The number of hydrogen-bond donors (Lipinski definition) is 1. The molecule has 7 heteroatoms. The first kappa shape index (κ1) is 15.3. The van der Waals surface area contributed by atoms with E-state index in [4.69, 9.17) is 4.42 Å². The van der Waals surface area contributed by atoms with Gasteiger partial charge in [0, 0.05) is 24.3 Å². The molecule has 0 aliphatic carbocycles. The smallest absolute Gasteiger partial charge is 0.271 e. The van der Waals surface area contributed by atoms with Gasteiger partial charge in [-0.25, -0.2) is 9.67 Å². The minimum Gasteiger partial charge on any atom is -0.462 e. The van der Waals surface area contributed by atoms with Crippen LogP contribution in [0.25, 0.3) is 16.5 Å². The molecule has 4 rings (SSSR count). The van der Waals surface area contributed by atoms with Crippen LogP contribution >= 0.6 is 11.3 Å². The Morgan fingerprint density at radius 3 is 2.80 bits per heavy atom. The van der Waals surface area contributed by atoms with Gasteiger partial charge in [-0.1, -0.05) is 12.1 Å². The van der Waals surface area contributed by atoms with Crippen molar-refractivity contribution in [3.63, 3.8) is 0 Å². The summed E-state index contributed by atoms with van der Waals surface area (Å²) in [4.78, 5) is 16.6. The Morgan fingerprint density at radius 2 is 2.08 bits per heavy atom. The fraction of sp³-hybridized carbons (Fsp3) is 0.0556. The second-order valence-corrected chi connectivity index (χ2v) is 6.17. The van der Waals surface area contributed by atoms with E-state index in [0.29, 0.717) is 23.0 Å². The second-order valence-electron chi connectivity index (χ2n) is 5.31. The SMILES string of the molecule is O=C(NCc1ccc(-n2cccn2)cc1)c1csc(-c2ccco2)n1. The number of aromatic nitrogens is 3. The Balaban J connectivity index is 1.39. The van der Waals surface area contributed by atoms with Gasteiger partial charge in [-0.15, -0.1) is 11.3 Å². The zero-order chi connectivity index (χ0) is 17.1. The van der Waals surface area contributed by atoms with Crippen molar-refractivity contribution in [2.24, 2.45) is 0 Å². The largest absolute Gasteiger partial charge is 0.462 e. The fourth-order valence-electron chi connectivity index (χ4n) is 2.35. The van der Waals surface area contributed by atoms with Crippen LogP contribution in [0.2, 0.25) is 0 Å². The number of carbonyl (C=O) groups excluding carboxylic acids is 1. The van der Waals surface area contributed by atoms with Gasteiger partial charge in [0.25, 0.3) is 5.91 Å². The molecule has 124 valence electrons. The molecular weight excluding hydrogens is 336 g/mol. The first-order valence-electron chi connectivity index (χ1n) is 7.66. The number of thiazole rings is 1. The molecule has 1 amide bonds. The summed E-state index contributed by atoms with van der Waals surface area (Å²) in [7, 11) is 0. The monoisotopic (exact) mass is 350 g/mol. The maximum atomic E-state index is 12.2. The van der Waals surface area contributed by atoms with Gasteiger partial charge in [-0.3, -0.25) is 4.79 Å². The number of benzene rings is 1. The Labute approximate surface area is 147 Å². The molecule has 6 nitrogen and oxygen atoms in total. The highest BCUT2D eigenvalue weighted by Gasteiger charge is 2.13. The molecule has 0 fully saturated rings. The van der Waals surface area contributed by atoms with Crippen molar-refractivity contribution in [1.29, 1.82) is 0 Å². The van der Waals surface area contributed by atoms with Crippen LogP contribution < -0.4 is 5.32 Å². The van der Waals surface area contributed by atoms with E-state index in [1.165, 1.54) is 11.3 Å². The van der Waals surface area contributed by atoms with E-state index < -0.39 is 0 Å². The van der Waals surface area contributed by atoms with E-state index >= 15 is 0 Å². The van der Waals surface area contributed by atoms with Crippen LogP contribution in [0.5, 0.6) is 0 Å². The van der Waals surface area contributed by atoms with Crippen LogP contribution in [0.4, 0.5) is 0 Å². The number of rotatable bonds is 5. The maximum Gasteiger partial charge on any atom is 0.271 e. The van der Waals surface area contributed by atoms with Crippen LogP contribution in [-0.4, -0.2) is 20.7 Å². The van der Waals surface area contributed by atoms with Gasteiger partial charge in [0.1, 0.15) is 5.69 Å². The molecule has 0 saturated carbocycles. The maximum absolute atomic E-state index is 12.2. The highest BCUT2D eigenvalue weighted by molar-refractivity contribution is 7.13. The number of carbonyl (C=O) groups is 1. The Morgan fingerprint density at radius 1 is 1.20 bits per heavy atom. The average Bonchev–Trinajstić information content (AvgIpc) is 3.42. The molecule has 1 N–H and O–H groups in total. The van der Waals surface area contributed by atoms with Gasteiger partial charge in [0.2, 0.25) is 0 Å². The van der Waals surface area contributed by atoms with Crippen LogP contribution in [0.3, 0.4) is 0 Å². The molecule has 3 heterocycles. The first-order chi connectivity index (χ1) is 12.3. The molecule has 0 atom stereocenters. The molecule has 3 aromatic heterocycles. The molecule has 4 aromatic rings. The third kappa shape index (κ3) is 3.36. The molecule has 0 saturated heterocycles. The number of hydrogen-bond acceptors (Lipinski definition) is 5. The predicted octanol–water partition coefficient (Wildman–Crippen LogP) is 3.52. The summed E-state index contributed by atoms with van der Waals surface area (Å²) < 4.78 is 7.08. The molecule has 0 aliphatic heterocycles. The van der Waals surface area contributed by atoms with Gasteiger partial charge in [-0.2, -0.15) is 5.10 Å². The van der Waals surface area contributed by atoms with Crippen molar-refractivity contribution in [2.75, 3.05) is 0 Å². The zero-order valence-electron chi connectivity index (χ0n) is 13.1. The Hall–Kier alpha value is -3.19. The first-order valence-corrected chi connectivity index (χ1v) is 8.54. The Bertz CT molecular complexity index is 957. The van der Waals surface area contributed by atoms with Gasteiger partial charge in [0.05, 0.1) is 12.0 Å². The van der Waals surface area contributed by atoms with Gasteiger partial charge < -0.3 is 9.73 Å². The van der Waals surface area contributed by atoms with E-state index in [9.17, 15) is 4.79 Å². The lowest BCUT2D eigenvalue weighted by Gasteiger charge is -2.05. The molecular formula is C18H14N4O2S. The third-order valence-corrected chi connectivity index (χ3v) is 4.48. The van der Waals surface area contributed by atoms with Gasteiger partial charge >= 0.3 is 0 Å². The lowest BCUT2D eigenvalue weighted by molar-refractivity contribution is 0.0946. The van der Waals surface area contributed by atoms with Crippen LogP contribution in [0, 0.1) is 0 Å². The molecule has 0 spiro atoms. The standard InChI is InChI=1S/C18H14N4O2S/c23-17(15-12-25-18(21-15)16-3-1-10-24-16)19-11-13-4-6-14(7-5-13)22-9-2-8-20-22/h1-10,12H,11H2,(H,19,23). The minimum absolute atomic E-state index is 0.204. The van der Waals surface area contributed by atoms with Crippen molar-refractivity contribution in [1.82, 2.24) is 20.1 Å². The van der Waals surface area contributed by atoms with Gasteiger partial charge in [-0.05, 0) is 35.9 Å². The summed E-state index contributed by atoms with van der Waals surface area (Å²) in [5.74, 6) is 0.462. The molecule has 0 unspecified atom stereocenters. The minimum atomic E-state index is -0.204. The summed E-state index contributed by atoms with van der Waals surface area (Å²) in [6, 6.07) is 13.3. The van der Waals surface area contributed by atoms with Gasteiger partial charge in [0.15, 0.2) is 10.8 Å². The van der Waals surface area contributed by atoms with Crippen LogP contribution in [-0.2, 0) is 6.54 Å². The molecule has 0 bridgehead atoms. The summed E-state index contributed by atoms with van der Waals surface area (Å²) >= 11 is 1.38. The average molecular weight is 350 g/mol. The predicted molar refractivity (Wildman–Crippen MR) is 94.6 cm³/mol. The van der Waals surface area contributed by atoms with Crippen molar-refractivity contribution < 1.29 is 9.21 Å². The number of furan rings is 1. The summed E-state index contributed by atoms with van der Waals surface area (Å²) in [5.41, 5.74) is 2.37. The summed E-state index contributed by atoms with van der Waals surface area (Å²) in [5, 5.41) is 9.49. The quantitative estimate of drug-likeness (QED) is 0.598. The van der Waals surface area contributed by atoms with Crippen molar-refractivity contribution in [2.45, 2.75) is 6.54 Å². The fourth-order valence-corrected chi connectivity index (χ4v) is 3.12. The molecule has 25 heavy (non-hydrogen) atoms. The summed E-state index contributed by atoms with van der Waals surface area (Å²) in [6.07, 6.45) is 5.21. The van der Waals surface area contributed by atoms with E-state index in [2.05, 4.69) is 15.4 Å².